The summed E-state index contributed by atoms with van der Waals surface area (Å²) < 4.78 is 16.7. The third kappa shape index (κ3) is 2.13. The van der Waals surface area contributed by atoms with Crippen molar-refractivity contribution < 1.29 is 24.2 Å². The lowest BCUT2D eigenvalue weighted by Gasteiger charge is -2.62. The Labute approximate surface area is 154 Å². The number of rotatable bonds is 2. The second kappa shape index (κ2) is 5.84. The van der Waals surface area contributed by atoms with Gasteiger partial charge in [-0.3, -0.25) is 9.59 Å². The Balaban J connectivity index is 1.73. The van der Waals surface area contributed by atoms with Gasteiger partial charge in [0.1, 0.15) is 6.61 Å². The summed E-state index contributed by atoms with van der Waals surface area (Å²) in [5.41, 5.74) is -3.06. The number of fused-ring (bicyclic) bond motifs is 5. The van der Waals surface area contributed by atoms with Gasteiger partial charge in [-0.25, -0.2) is 4.39 Å². The first-order chi connectivity index (χ1) is 12.2. The van der Waals surface area contributed by atoms with Crippen molar-refractivity contribution in [3.8, 4) is 0 Å². The lowest BCUT2D eigenvalue weighted by Crippen LogP contribution is -2.67. The van der Waals surface area contributed by atoms with Gasteiger partial charge in [0.05, 0.1) is 6.10 Å². The number of hydrogen-bond acceptors (Lipinski definition) is 4. The quantitative estimate of drug-likeness (QED) is 0.788. The van der Waals surface area contributed by atoms with E-state index in [0.29, 0.717) is 32.1 Å². The van der Waals surface area contributed by atoms with Gasteiger partial charge >= 0.3 is 0 Å². The number of carbonyl (C=O) groups excluding carboxylic acids is 2. The molecule has 4 aliphatic rings. The molecule has 0 radical (unpaired) electrons. The van der Waals surface area contributed by atoms with Crippen molar-refractivity contribution in [3.63, 3.8) is 0 Å². The van der Waals surface area contributed by atoms with Crippen LogP contribution in [0.3, 0.4) is 0 Å². The zero-order valence-corrected chi connectivity index (χ0v) is 15.8. The van der Waals surface area contributed by atoms with Crippen molar-refractivity contribution in [1.82, 2.24) is 0 Å². The van der Waals surface area contributed by atoms with Crippen LogP contribution in [0.15, 0.2) is 0 Å². The molecule has 4 saturated carbocycles. The van der Waals surface area contributed by atoms with Crippen molar-refractivity contribution in [2.24, 2.45) is 34.5 Å². The Morgan fingerprint density at radius 2 is 1.85 bits per heavy atom. The molecule has 146 valence electrons. The fraction of sp³-hybridized carbons (Fsp3) is 0.905. The predicted octanol–water partition coefficient (Wildman–Crippen LogP) is 2.84. The van der Waals surface area contributed by atoms with Crippen LogP contribution in [0, 0.1) is 34.5 Å². The van der Waals surface area contributed by atoms with Crippen LogP contribution < -0.4 is 0 Å². The first-order valence-electron chi connectivity index (χ1n) is 10.2. The van der Waals surface area contributed by atoms with Crippen LogP contribution in [-0.2, 0) is 9.59 Å². The van der Waals surface area contributed by atoms with Crippen molar-refractivity contribution in [2.75, 3.05) is 6.61 Å². The van der Waals surface area contributed by atoms with E-state index in [2.05, 4.69) is 0 Å². The van der Waals surface area contributed by atoms with Crippen LogP contribution in [0.25, 0.3) is 0 Å². The van der Waals surface area contributed by atoms with E-state index in [1.54, 1.807) is 0 Å². The average Bonchev–Trinajstić information content (AvgIpc) is 2.93. The lowest BCUT2D eigenvalue weighted by atomic mass is 9.42. The van der Waals surface area contributed by atoms with Crippen LogP contribution in [-0.4, -0.2) is 40.2 Å². The number of aliphatic hydroxyl groups is 2. The van der Waals surface area contributed by atoms with E-state index in [-0.39, 0.29) is 47.8 Å². The van der Waals surface area contributed by atoms with E-state index in [1.165, 1.54) is 0 Å². The van der Waals surface area contributed by atoms with Gasteiger partial charge in [0.2, 0.25) is 0 Å². The van der Waals surface area contributed by atoms with Crippen molar-refractivity contribution in [1.29, 1.82) is 0 Å². The van der Waals surface area contributed by atoms with Gasteiger partial charge in [-0.05, 0) is 62.2 Å². The molecular weight excluding hydrogens is 335 g/mol. The molecule has 0 saturated heterocycles. The van der Waals surface area contributed by atoms with E-state index < -0.39 is 23.1 Å². The highest BCUT2D eigenvalue weighted by Gasteiger charge is 2.72. The first kappa shape index (κ1) is 18.5. The molecule has 0 bridgehead atoms. The van der Waals surface area contributed by atoms with Crippen LogP contribution in [0.5, 0.6) is 0 Å². The molecular formula is C21H31FO4. The molecule has 4 aliphatic carbocycles. The topological polar surface area (TPSA) is 74.6 Å². The Bertz CT molecular complexity index is 636. The standard InChI is InChI=1S/C21H31FO4/c1-19-10-18(26)21(22)15(14(19)5-6-16(19)17(25)11-23)4-3-12-9-13(24)7-8-20(12,21)2/h12-16,23-24H,3-11H2,1-2H3/t12-,13-,14-,15-,16+,19-,20-,21-/m0/s1. The third-order valence-electron chi connectivity index (χ3n) is 9.01. The minimum atomic E-state index is -1.84. The Morgan fingerprint density at radius 3 is 2.54 bits per heavy atom. The average molecular weight is 366 g/mol. The molecule has 0 aromatic rings. The van der Waals surface area contributed by atoms with Crippen LogP contribution >= 0.6 is 0 Å². The molecule has 0 amide bonds. The highest BCUT2D eigenvalue weighted by molar-refractivity contribution is 5.92. The molecule has 2 N–H and O–H groups in total. The fourth-order valence-corrected chi connectivity index (χ4v) is 7.59. The predicted molar refractivity (Wildman–Crippen MR) is 94.1 cm³/mol. The molecule has 0 aliphatic heterocycles. The van der Waals surface area contributed by atoms with E-state index in [4.69, 9.17) is 0 Å². The fourth-order valence-electron chi connectivity index (χ4n) is 7.59. The van der Waals surface area contributed by atoms with E-state index >= 15 is 4.39 Å². The van der Waals surface area contributed by atoms with E-state index in [0.717, 1.165) is 12.8 Å². The smallest absolute Gasteiger partial charge is 0.177 e. The van der Waals surface area contributed by atoms with Crippen LogP contribution in [0.4, 0.5) is 4.39 Å². The molecule has 8 atom stereocenters. The molecule has 0 aromatic carbocycles. The normalized spacial score (nSPS) is 53.6. The van der Waals surface area contributed by atoms with Crippen LogP contribution in [0.1, 0.15) is 65.2 Å². The van der Waals surface area contributed by atoms with Gasteiger partial charge in [0.25, 0.3) is 0 Å². The van der Waals surface area contributed by atoms with Gasteiger partial charge in [-0.2, -0.15) is 0 Å². The summed E-state index contributed by atoms with van der Waals surface area (Å²) in [5, 5.41) is 19.4. The summed E-state index contributed by atoms with van der Waals surface area (Å²) in [6.45, 7) is 3.41. The maximum atomic E-state index is 16.7. The van der Waals surface area contributed by atoms with Gasteiger partial charge in [-0.15, -0.1) is 0 Å². The Kier molecular flexibility index (Phi) is 4.17. The van der Waals surface area contributed by atoms with E-state index in [9.17, 15) is 19.8 Å². The molecule has 5 heteroatoms. The molecule has 0 unspecified atom stereocenters. The maximum Gasteiger partial charge on any atom is 0.177 e. The molecule has 4 fully saturated rings. The molecule has 4 nitrogen and oxygen atoms in total. The summed E-state index contributed by atoms with van der Waals surface area (Å²) in [4.78, 5) is 25.5. The zero-order chi connectivity index (χ0) is 18.9. The summed E-state index contributed by atoms with van der Waals surface area (Å²) in [7, 11) is 0. The number of halogens is 1. The number of hydrogen-bond donors (Lipinski definition) is 2. The summed E-state index contributed by atoms with van der Waals surface area (Å²) in [6, 6.07) is 0. The number of Topliss-reactive ketones (excluding diaryl/α,β-unsaturated/α-hetero) is 2. The second-order valence-electron chi connectivity index (χ2n) is 9.90. The SMILES string of the molecule is C[C@]12CC(=O)[C@@]3(F)[C@@H](CC[C@H]4C[C@@H](O)CC[C@@]43C)[C@@H]1CC[C@@H]2C(=O)CO. The summed E-state index contributed by atoms with van der Waals surface area (Å²) in [5.74, 6) is -1.11. The molecule has 0 aromatic heterocycles. The number of carbonyl (C=O) groups is 2. The number of ketones is 2. The Hall–Kier alpha value is -0.810. The molecule has 0 heterocycles. The zero-order valence-electron chi connectivity index (χ0n) is 15.8. The van der Waals surface area contributed by atoms with Crippen LogP contribution in [0.2, 0.25) is 0 Å². The van der Waals surface area contributed by atoms with Gasteiger partial charge in [0.15, 0.2) is 17.2 Å². The summed E-state index contributed by atoms with van der Waals surface area (Å²) >= 11 is 0. The first-order valence-corrected chi connectivity index (χ1v) is 10.2. The lowest BCUT2D eigenvalue weighted by molar-refractivity contribution is -0.201. The van der Waals surface area contributed by atoms with Gasteiger partial charge < -0.3 is 10.2 Å². The van der Waals surface area contributed by atoms with Crippen molar-refractivity contribution in [3.05, 3.63) is 0 Å². The minimum Gasteiger partial charge on any atom is -0.393 e. The maximum absolute atomic E-state index is 16.7. The summed E-state index contributed by atoms with van der Waals surface area (Å²) in [6.07, 6.45) is 4.36. The minimum absolute atomic E-state index is 0.0234. The molecule has 26 heavy (non-hydrogen) atoms. The van der Waals surface area contributed by atoms with Gasteiger partial charge in [-0.1, -0.05) is 13.8 Å². The van der Waals surface area contributed by atoms with Gasteiger partial charge in [0, 0.05) is 23.7 Å². The monoisotopic (exact) mass is 366 g/mol. The molecule has 4 rings (SSSR count). The van der Waals surface area contributed by atoms with Crippen molar-refractivity contribution in [2.45, 2.75) is 77.0 Å². The highest BCUT2D eigenvalue weighted by Crippen LogP contribution is 2.69. The third-order valence-corrected chi connectivity index (χ3v) is 9.01. The number of aliphatic hydroxyl groups excluding tert-OH is 2. The van der Waals surface area contributed by atoms with E-state index in [1.807, 2.05) is 13.8 Å². The van der Waals surface area contributed by atoms with Crippen molar-refractivity contribution >= 4 is 11.6 Å². The number of alkyl halides is 1. The highest BCUT2D eigenvalue weighted by atomic mass is 19.1. The second-order valence-corrected chi connectivity index (χ2v) is 9.90. The largest absolute Gasteiger partial charge is 0.393 e. The Morgan fingerprint density at radius 1 is 1.15 bits per heavy atom. The molecule has 0 spiro atoms.